The summed E-state index contributed by atoms with van der Waals surface area (Å²) in [6.45, 7) is 3.61. The third kappa shape index (κ3) is 8.25. The van der Waals surface area contributed by atoms with Gasteiger partial charge in [-0.05, 0) is 44.0 Å². The highest BCUT2D eigenvalue weighted by atomic mass is 32.2. The Morgan fingerprint density at radius 3 is 2.35 bits per heavy atom. The van der Waals surface area contributed by atoms with Crippen LogP contribution < -0.4 is 0 Å². The number of rotatable bonds is 4. The zero-order chi connectivity index (χ0) is 17.3. The molecule has 0 aliphatic carbocycles. The average Bonchev–Trinajstić information content (AvgIpc) is 2.48. The molecule has 0 amide bonds. The smallest absolute Gasteiger partial charge is 0.294 e. The molecule has 2 rings (SSSR count). The Hall–Kier alpha value is -2.02. The Morgan fingerprint density at radius 1 is 1.22 bits per heavy atom. The van der Waals surface area contributed by atoms with Crippen molar-refractivity contribution < 1.29 is 18.1 Å². The van der Waals surface area contributed by atoms with Gasteiger partial charge in [0.15, 0.2) is 0 Å². The number of hydrogen-bond donors (Lipinski definition) is 2. The van der Waals surface area contributed by atoms with E-state index < -0.39 is 10.1 Å². The minimum atomic E-state index is -4.02. The van der Waals surface area contributed by atoms with E-state index >= 15 is 0 Å². The third-order valence-corrected chi connectivity index (χ3v) is 3.66. The lowest BCUT2D eigenvalue weighted by Crippen LogP contribution is -1.96. The van der Waals surface area contributed by atoms with Gasteiger partial charge in [0.05, 0.1) is 11.0 Å². The summed E-state index contributed by atoms with van der Waals surface area (Å²) in [7, 11) is -4.02. The van der Waals surface area contributed by atoms with Gasteiger partial charge in [-0.1, -0.05) is 35.9 Å². The lowest BCUT2D eigenvalue weighted by atomic mass is 10.2. The van der Waals surface area contributed by atoms with Crippen LogP contribution in [-0.2, 0) is 10.1 Å². The molecule has 124 valence electrons. The molecule has 5 nitrogen and oxygen atoms in total. The molecule has 0 aliphatic rings. The van der Waals surface area contributed by atoms with E-state index in [9.17, 15) is 8.42 Å². The van der Waals surface area contributed by atoms with Gasteiger partial charge in [-0.3, -0.25) is 9.54 Å². The average molecular weight is 335 g/mol. The molecule has 6 heteroatoms. The maximum Gasteiger partial charge on any atom is 0.294 e. The molecule has 0 fully saturated rings. The zero-order valence-electron chi connectivity index (χ0n) is 13.1. The highest BCUT2D eigenvalue weighted by Crippen LogP contribution is 2.08. The lowest BCUT2D eigenvalue weighted by Gasteiger charge is -1.96. The molecule has 0 aliphatic heterocycles. The third-order valence-electron chi connectivity index (χ3n) is 2.79. The fourth-order valence-corrected chi connectivity index (χ4v) is 2.07. The number of aromatic nitrogens is 1. The van der Waals surface area contributed by atoms with Gasteiger partial charge in [0.25, 0.3) is 10.1 Å². The number of hydrogen-bond acceptors (Lipinski definition) is 4. The minimum Gasteiger partial charge on any atom is -0.393 e. The maximum absolute atomic E-state index is 10.5. The molecule has 0 saturated heterocycles. The van der Waals surface area contributed by atoms with Crippen LogP contribution in [-0.4, -0.2) is 29.2 Å². The summed E-state index contributed by atoms with van der Waals surface area (Å²) in [6, 6.07) is 9.86. The zero-order valence-corrected chi connectivity index (χ0v) is 13.9. The normalized spacial score (nSPS) is 12.5. The second-order valence-corrected chi connectivity index (χ2v) is 6.48. The van der Waals surface area contributed by atoms with Gasteiger partial charge in [-0.15, -0.1) is 0 Å². The first kappa shape index (κ1) is 19.0. The highest BCUT2D eigenvalue weighted by Gasteiger charge is 2.06. The van der Waals surface area contributed by atoms with E-state index in [2.05, 4.69) is 4.98 Å². The van der Waals surface area contributed by atoms with E-state index in [-0.39, 0.29) is 11.0 Å². The van der Waals surface area contributed by atoms with Gasteiger partial charge >= 0.3 is 0 Å². The van der Waals surface area contributed by atoms with Crippen molar-refractivity contribution >= 4 is 16.2 Å². The van der Waals surface area contributed by atoms with Gasteiger partial charge in [-0.25, -0.2) is 0 Å². The SMILES string of the molecule is C[C@H](O)C/C=C/c1cccnc1.Cc1ccc(S(=O)(=O)O)cc1. The first-order chi connectivity index (χ1) is 10.8. The molecule has 0 bridgehead atoms. The fraction of sp³-hybridized carbons (Fsp3) is 0.235. The van der Waals surface area contributed by atoms with E-state index in [0.717, 1.165) is 11.1 Å². The number of aliphatic hydroxyl groups is 1. The second kappa shape index (κ2) is 9.19. The van der Waals surface area contributed by atoms with Crippen LogP contribution in [0.4, 0.5) is 0 Å². The van der Waals surface area contributed by atoms with Gasteiger partial charge in [0.2, 0.25) is 0 Å². The van der Waals surface area contributed by atoms with Crippen molar-refractivity contribution in [2.24, 2.45) is 0 Å². The molecule has 1 aromatic heterocycles. The molecule has 1 atom stereocenters. The number of benzene rings is 1. The first-order valence-corrected chi connectivity index (χ1v) is 8.52. The van der Waals surface area contributed by atoms with Crippen LogP contribution in [0.25, 0.3) is 6.08 Å². The highest BCUT2D eigenvalue weighted by molar-refractivity contribution is 7.85. The van der Waals surface area contributed by atoms with Crippen molar-refractivity contribution in [2.45, 2.75) is 31.3 Å². The largest absolute Gasteiger partial charge is 0.393 e. The number of aryl methyl sites for hydroxylation is 1. The number of aliphatic hydroxyl groups excluding tert-OH is 1. The van der Waals surface area contributed by atoms with Crippen molar-refractivity contribution in [3.05, 3.63) is 66.0 Å². The Balaban J connectivity index is 0.000000231. The van der Waals surface area contributed by atoms with Crippen LogP contribution in [0, 0.1) is 6.92 Å². The van der Waals surface area contributed by atoms with Gasteiger partial charge in [0, 0.05) is 12.4 Å². The van der Waals surface area contributed by atoms with Crippen molar-refractivity contribution in [3.8, 4) is 0 Å². The Labute approximate surface area is 137 Å². The van der Waals surface area contributed by atoms with E-state index in [1.807, 2.05) is 31.2 Å². The quantitative estimate of drug-likeness (QED) is 0.838. The number of nitrogens with zero attached hydrogens (tertiary/aromatic N) is 1. The van der Waals surface area contributed by atoms with Crippen LogP contribution >= 0.6 is 0 Å². The van der Waals surface area contributed by atoms with Crippen LogP contribution in [0.15, 0.2) is 59.8 Å². The molecular weight excluding hydrogens is 314 g/mol. The summed E-state index contributed by atoms with van der Waals surface area (Å²) in [5.41, 5.74) is 2.02. The second-order valence-electron chi connectivity index (χ2n) is 5.06. The standard InChI is InChI=1S/C10H13NO.C7H8O3S/c1-9(12)4-2-5-10-6-3-7-11-8-10;1-6-2-4-7(5-3-6)11(8,9)10/h2-3,5-9,12H,4H2,1H3;2-5H,1H3,(H,8,9,10)/b5-2+;/t9-;/m0./s1. The predicted octanol–water partition coefficient (Wildman–Crippen LogP) is 3.11. The van der Waals surface area contributed by atoms with Crippen molar-refractivity contribution in [1.29, 1.82) is 0 Å². The molecule has 0 saturated carbocycles. The van der Waals surface area contributed by atoms with Crippen LogP contribution in [0.5, 0.6) is 0 Å². The van der Waals surface area contributed by atoms with E-state index in [4.69, 9.17) is 9.66 Å². The molecule has 2 aromatic rings. The molecule has 1 aromatic carbocycles. The van der Waals surface area contributed by atoms with Gasteiger partial charge < -0.3 is 5.11 Å². The van der Waals surface area contributed by atoms with Crippen molar-refractivity contribution in [1.82, 2.24) is 4.98 Å². The maximum atomic E-state index is 10.5. The summed E-state index contributed by atoms with van der Waals surface area (Å²) in [6.07, 6.45) is 7.86. The number of pyridine rings is 1. The Morgan fingerprint density at radius 2 is 1.87 bits per heavy atom. The van der Waals surface area contributed by atoms with Crippen molar-refractivity contribution in [3.63, 3.8) is 0 Å². The topological polar surface area (TPSA) is 87.5 Å². The lowest BCUT2D eigenvalue weighted by molar-refractivity contribution is 0.199. The summed E-state index contributed by atoms with van der Waals surface area (Å²) in [5.74, 6) is 0. The summed E-state index contributed by atoms with van der Waals surface area (Å²) in [4.78, 5) is 3.90. The van der Waals surface area contributed by atoms with E-state index in [1.165, 1.54) is 12.1 Å². The van der Waals surface area contributed by atoms with E-state index in [0.29, 0.717) is 6.42 Å². The summed E-state index contributed by atoms with van der Waals surface area (Å²) < 4.78 is 29.6. The van der Waals surface area contributed by atoms with Gasteiger partial charge in [0.1, 0.15) is 0 Å². The molecule has 2 N–H and O–H groups in total. The Bertz CT molecular complexity index is 708. The molecule has 23 heavy (non-hydrogen) atoms. The molecular formula is C17H21NO4S. The molecule has 0 radical (unpaired) electrons. The van der Waals surface area contributed by atoms with Crippen LogP contribution in [0.1, 0.15) is 24.5 Å². The summed E-state index contributed by atoms with van der Waals surface area (Å²) >= 11 is 0. The molecule has 0 spiro atoms. The fourth-order valence-electron chi connectivity index (χ4n) is 1.59. The molecule has 0 unspecified atom stereocenters. The predicted molar refractivity (Wildman–Crippen MR) is 90.6 cm³/mol. The molecule has 1 heterocycles. The van der Waals surface area contributed by atoms with E-state index in [1.54, 1.807) is 31.5 Å². The van der Waals surface area contributed by atoms with Crippen molar-refractivity contribution in [2.75, 3.05) is 0 Å². The monoisotopic (exact) mass is 335 g/mol. The van der Waals surface area contributed by atoms with Crippen LogP contribution in [0.2, 0.25) is 0 Å². The first-order valence-electron chi connectivity index (χ1n) is 7.08. The minimum absolute atomic E-state index is 0.0666. The summed E-state index contributed by atoms with van der Waals surface area (Å²) in [5, 5.41) is 8.96. The van der Waals surface area contributed by atoms with Gasteiger partial charge in [-0.2, -0.15) is 8.42 Å². The van der Waals surface area contributed by atoms with Crippen LogP contribution in [0.3, 0.4) is 0 Å². The Kier molecular flexibility index (Phi) is 7.61.